The molecule has 1 amide bonds. The second-order valence-electron chi connectivity index (χ2n) is 6.11. The van der Waals surface area contributed by atoms with E-state index >= 15 is 0 Å². The van der Waals surface area contributed by atoms with Crippen LogP contribution in [0.25, 0.3) is 0 Å². The van der Waals surface area contributed by atoms with E-state index in [2.05, 4.69) is 64.5 Å². The number of halogens is 1. The molecule has 0 saturated heterocycles. The normalized spacial score (nSPS) is 16.8. The summed E-state index contributed by atoms with van der Waals surface area (Å²) in [5, 5.41) is 3.02. The van der Waals surface area contributed by atoms with Gasteiger partial charge in [0.2, 0.25) is 0 Å². The highest BCUT2D eigenvalue weighted by Crippen LogP contribution is 2.33. The van der Waals surface area contributed by atoms with Gasteiger partial charge in [0.1, 0.15) is 5.75 Å². The van der Waals surface area contributed by atoms with Crippen LogP contribution in [0.3, 0.4) is 0 Å². The number of aryl methyl sites for hydroxylation is 2. The highest BCUT2D eigenvalue weighted by atomic mass is 127. The standard InChI is InChI=1S/C19H21IN2O2/c1-12-4-5-13(2)22(12)15-7-6-14(10-15)19(23)21-18-9-8-16(24-3)11-17(18)20/h4-6,8-9,11,15H,7,10H2,1-3H3,(H,21,23)/t15-/m1/s1. The summed E-state index contributed by atoms with van der Waals surface area (Å²) in [5.74, 6) is 0.777. The number of methoxy groups -OCH3 is 1. The van der Waals surface area contributed by atoms with Gasteiger partial charge < -0.3 is 14.6 Å². The Labute approximate surface area is 156 Å². The van der Waals surface area contributed by atoms with E-state index in [1.54, 1.807) is 7.11 Å². The summed E-state index contributed by atoms with van der Waals surface area (Å²) >= 11 is 2.21. The number of nitrogens with zero attached hydrogens (tertiary/aromatic N) is 1. The smallest absolute Gasteiger partial charge is 0.251 e. The topological polar surface area (TPSA) is 43.3 Å². The Bertz CT molecular complexity index is 788. The number of ether oxygens (including phenoxy) is 1. The Morgan fingerprint density at radius 2 is 1.96 bits per heavy atom. The quantitative estimate of drug-likeness (QED) is 0.712. The van der Waals surface area contributed by atoms with Crippen molar-refractivity contribution in [2.24, 2.45) is 0 Å². The third-order valence-corrected chi connectivity index (χ3v) is 5.39. The fraction of sp³-hybridized carbons (Fsp3) is 0.316. The number of amides is 1. The minimum Gasteiger partial charge on any atom is -0.497 e. The molecule has 1 heterocycles. The van der Waals surface area contributed by atoms with Crippen LogP contribution in [0.5, 0.6) is 5.75 Å². The Morgan fingerprint density at radius 1 is 1.25 bits per heavy atom. The maximum Gasteiger partial charge on any atom is 0.251 e. The van der Waals surface area contributed by atoms with Crippen molar-refractivity contribution >= 4 is 34.2 Å². The van der Waals surface area contributed by atoms with Crippen molar-refractivity contribution in [2.45, 2.75) is 32.7 Å². The highest BCUT2D eigenvalue weighted by molar-refractivity contribution is 14.1. The zero-order valence-corrected chi connectivity index (χ0v) is 16.3. The summed E-state index contributed by atoms with van der Waals surface area (Å²) < 4.78 is 8.49. The molecule has 5 heteroatoms. The predicted octanol–water partition coefficient (Wildman–Crippen LogP) is 4.62. The molecule has 1 aromatic carbocycles. The zero-order chi connectivity index (χ0) is 17.3. The van der Waals surface area contributed by atoms with Crippen LogP contribution >= 0.6 is 22.6 Å². The molecule has 0 fully saturated rings. The van der Waals surface area contributed by atoms with Crippen LogP contribution in [0.2, 0.25) is 0 Å². The van der Waals surface area contributed by atoms with Crippen molar-refractivity contribution in [1.29, 1.82) is 0 Å². The molecule has 1 aliphatic carbocycles. The number of carbonyl (C=O) groups is 1. The largest absolute Gasteiger partial charge is 0.497 e. The van der Waals surface area contributed by atoms with E-state index in [9.17, 15) is 4.79 Å². The van der Waals surface area contributed by atoms with Gasteiger partial charge in [0.25, 0.3) is 5.91 Å². The Kier molecular flexibility index (Phi) is 4.99. The first-order chi connectivity index (χ1) is 11.5. The Morgan fingerprint density at radius 3 is 2.58 bits per heavy atom. The molecule has 0 saturated carbocycles. The van der Waals surface area contributed by atoms with Gasteiger partial charge in [-0.2, -0.15) is 0 Å². The van der Waals surface area contributed by atoms with Crippen LogP contribution in [0.4, 0.5) is 5.69 Å². The summed E-state index contributed by atoms with van der Waals surface area (Å²) in [4.78, 5) is 12.6. The molecular weight excluding hydrogens is 415 g/mol. The molecule has 1 aromatic heterocycles. The monoisotopic (exact) mass is 436 g/mol. The number of hydrogen-bond acceptors (Lipinski definition) is 2. The fourth-order valence-electron chi connectivity index (χ4n) is 3.26. The van der Waals surface area contributed by atoms with Crippen molar-refractivity contribution < 1.29 is 9.53 Å². The fourth-order valence-corrected chi connectivity index (χ4v) is 3.89. The molecule has 4 nitrogen and oxygen atoms in total. The van der Waals surface area contributed by atoms with Gasteiger partial charge in [0.05, 0.1) is 12.8 Å². The molecule has 1 aliphatic rings. The molecule has 2 aromatic rings. The van der Waals surface area contributed by atoms with E-state index in [-0.39, 0.29) is 5.91 Å². The van der Waals surface area contributed by atoms with Crippen LogP contribution in [0.1, 0.15) is 30.3 Å². The average molecular weight is 436 g/mol. The van der Waals surface area contributed by atoms with Crippen LogP contribution in [0, 0.1) is 17.4 Å². The molecular formula is C19H21IN2O2. The number of benzene rings is 1. The molecule has 0 spiro atoms. The van der Waals surface area contributed by atoms with Gasteiger partial charge in [-0.3, -0.25) is 4.79 Å². The van der Waals surface area contributed by atoms with Crippen molar-refractivity contribution in [3.8, 4) is 5.75 Å². The van der Waals surface area contributed by atoms with Crippen molar-refractivity contribution in [3.05, 3.63) is 56.9 Å². The summed E-state index contributed by atoms with van der Waals surface area (Å²) in [6.07, 6.45) is 3.74. The predicted molar refractivity (Wildman–Crippen MR) is 105 cm³/mol. The number of anilines is 1. The van der Waals surface area contributed by atoms with Crippen molar-refractivity contribution in [1.82, 2.24) is 4.57 Å². The number of nitrogens with one attached hydrogen (secondary N) is 1. The molecule has 0 unspecified atom stereocenters. The van der Waals surface area contributed by atoms with Crippen LogP contribution in [-0.2, 0) is 4.79 Å². The number of rotatable bonds is 4. The number of carbonyl (C=O) groups excluding carboxylic acids is 1. The van der Waals surface area contributed by atoms with Crippen molar-refractivity contribution in [2.75, 3.05) is 12.4 Å². The average Bonchev–Trinajstić information content (AvgIpc) is 3.16. The highest BCUT2D eigenvalue weighted by Gasteiger charge is 2.25. The molecule has 1 atom stereocenters. The van der Waals surface area contributed by atoms with E-state index in [1.807, 2.05) is 18.2 Å². The number of hydrogen-bond donors (Lipinski definition) is 1. The lowest BCUT2D eigenvalue weighted by Crippen LogP contribution is -2.16. The first-order valence-corrected chi connectivity index (χ1v) is 9.06. The zero-order valence-electron chi connectivity index (χ0n) is 14.1. The minimum atomic E-state index is -0.0111. The number of aromatic nitrogens is 1. The second kappa shape index (κ2) is 7.01. The van der Waals surface area contributed by atoms with E-state index < -0.39 is 0 Å². The Balaban J connectivity index is 1.69. The molecule has 3 rings (SSSR count). The third-order valence-electron chi connectivity index (χ3n) is 4.50. The number of allylic oxidation sites excluding steroid dienone is 1. The Hall–Kier alpha value is -1.76. The van der Waals surface area contributed by atoms with Gasteiger partial charge in [-0.1, -0.05) is 6.08 Å². The molecule has 24 heavy (non-hydrogen) atoms. The molecule has 1 N–H and O–H groups in total. The lowest BCUT2D eigenvalue weighted by Gasteiger charge is -2.18. The second-order valence-corrected chi connectivity index (χ2v) is 7.27. The van der Waals surface area contributed by atoms with Gasteiger partial charge in [-0.25, -0.2) is 0 Å². The minimum absolute atomic E-state index is 0.0111. The lowest BCUT2D eigenvalue weighted by atomic mass is 10.1. The molecule has 126 valence electrons. The summed E-state index contributed by atoms with van der Waals surface area (Å²) in [5.41, 5.74) is 4.17. The third kappa shape index (κ3) is 3.36. The summed E-state index contributed by atoms with van der Waals surface area (Å²) in [7, 11) is 1.64. The van der Waals surface area contributed by atoms with Crippen LogP contribution in [-0.4, -0.2) is 17.6 Å². The van der Waals surface area contributed by atoms with Gasteiger partial charge in [0, 0.05) is 26.6 Å². The van der Waals surface area contributed by atoms with E-state index in [0.29, 0.717) is 6.04 Å². The maximum atomic E-state index is 12.6. The van der Waals surface area contributed by atoms with Gasteiger partial charge in [-0.15, -0.1) is 0 Å². The lowest BCUT2D eigenvalue weighted by molar-refractivity contribution is -0.113. The van der Waals surface area contributed by atoms with E-state index in [4.69, 9.17) is 4.74 Å². The maximum absolute atomic E-state index is 12.6. The molecule has 0 aliphatic heterocycles. The SMILES string of the molecule is COc1ccc(NC(=O)C2=CC[C@@H](n3c(C)ccc3C)C2)c(I)c1. The first kappa shape index (κ1) is 17.1. The van der Waals surface area contributed by atoms with E-state index in [0.717, 1.165) is 33.4 Å². The van der Waals surface area contributed by atoms with Gasteiger partial charge in [0.15, 0.2) is 0 Å². The summed E-state index contributed by atoms with van der Waals surface area (Å²) in [6, 6.07) is 10.3. The van der Waals surface area contributed by atoms with Gasteiger partial charge >= 0.3 is 0 Å². The van der Waals surface area contributed by atoms with Crippen LogP contribution < -0.4 is 10.1 Å². The van der Waals surface area contributed by atoms with Gasteiger partial charge in [-0.05, 0) is 79.6 Å². The summed E-state index contributed by atoms with van der Waals surface area (Å²) in [6.45, 7) is 4.23. The first-order valence-electron chi connectivity index (χ1n) is 7.98. The van der Waals surface area contributed by atoms with Crippen LogP contribution in [0.15, 0.2) is 42.0 Å². The molecule has 0 radical (unpaired) electrons. The molecule has 0 bridgehead atoms. The van der Waals surface area contributed by atoms with Crippen molar-refractivity contribution in [3.63, 3.8) is 0 Å². The van der Waals surface area contributed by atoms with E-state index in [1.165, 1.54) is 11.4 Å².